The van der Waals surface area contributed by atoms with Crippen LogP contribution >= 0.6 is 15.9 Å². The predicted molar refractivity (Wildman–Crippen MR) is 92.1 cm³/mol. The van der Waals surface area contributed by atoms with Gasteiger partial charge in [-0.05, 0) is 23.8 Å². The van der Waals surface area contributed by atoms with Crippen molar-refractivity contribution in [1.29, 1.82) is 0 Å². The van der Waals surface area contributed by atoms with Gasteiger partial charge in [0.2, 0.25) is 5.91 Å². The van der Waals surface area contributed by atoms with Gasteiger partial charge < -0.3 is 0 Å². The van der Waals surface area contributed by atoms with Crippen LogP contribution in [-0.4, -0.2) is 16.4 Å². The van der Waals surface area contributed by atoms with E-state index in [2.05, 4.69) is 21.4 Å². The molecule has 0 aliphatic carbocycles. The van der Waals surface area contributed by atoms with E-state index in [4.69, 9.17) is 5.84 Å². The third kappa shape index (κ3) is 3.04. The molecule has 3 rings (SSSR count). The van der Waals surface area contributed by atoms with Gasteiger partial charge in [-0.2, -0.15) is 0 Å². The third-order valence-corrected chi connectivity index (χ3v) is 4.15. The molecule has 1 heterocycles. The van der Waals surface area contributed by atoms with E-state index in [0.29, 0.717) is 16.5 Å². The Morgan fingerprint density at radius 2 is 1.78 bits per heavy atom. The number of hydrogen-bond acceptors (Lipinski definition) is 3. The molecule has 2 aromatic carbocycles. The predicted octanol–water partition coefficient (Wildman–Crippen LogP) is 2.89. The number of nitrogen functional groups attached to an aromatic ring is 1. The molecule has 0 aliphatic rings. The maximum atomic E-state index is 12.6. The van der Waals surface area contributed by atoms with Gasteiger partial charge >= 0.3 is 0 Å². The zero-order valence-electron chi connectivity index (χ0n) is 12.1. The topological polar surface area (TPSA) is 77.1 Å². The van der Waals surface area contributed by atoms with Gasteiger partial charge in [-0.15, -0.1) is 0 Å². The Bertz CT molecular complexity index is 884. The van der Waals surface area contributed by atoms with Crippen LogP contribution in [0.4, 0.5) is 0 Å². The average molecular weight is 372 g/mol. The van der Waals surface area contributed by atoms with E-state index in [9.17, 15) is 9.59 Å². The molecule has 3 N–H and O–H groups in total. The van der Waals surface area contributed by atoms with Crippen molar-refractivity contribution in [3.63, 3.8) is 0 Å². The second-order valence-corrected chi connectivity index (χ2v) is 6.02. The van der Waals surface area contributed by atoms with Crippen molar-refractivity contribution < 1.29 is 9.59 Å². The average Bonchev–Trinajstić information content (AvgIpc) is 2.96. The summed E-state index contributed by atoms with van der Waals surface area (Å²) in [5, 5.41) is 0.694. The number of rotatable bonds is 3. The SMILES string of the molecule is NNC(=O)c1cn(C(=O)Cc2ccc(Br)cc2)c2ccccc12. The molecule has 0 bridgehead atoms. The summed E-state index contributed by atoms with van der Waals surface area (Å²) in [7, 11) is 0. The van der Waals surface area contributed by atoms with Crippen molar-refractivity contribution in [2.75, 3.05) is 0 Å². The fourth-order valence-corrected chi connectivity index (χ4v) is 2.77. The van der Waals surface area contributed by atoms with E-state index >= 15 is 0 Å². The van der Waals surface area contributed by atoms with Crippen LogP contribution in [0.5, 0.6) is 0 Å². The number of carbonyl (C=O) groups is 2. The summed E-state index contributed by atoms with van der Waals surface area (Å²) < 4.78 is 2.46. The Hall–Kier alpha value is -2.44. The van der Waals surface area contributed by atoms with Gasteiger partial charge in [-0.3, -0.25) is 19.6 Å². The number of hydrazine groups is 1. The van der Waals surface area contributed by atoms with E-state index in [1.807, 2.05) is 42.5 Å². The summed E-state index contributed by atoms with van der Waals surface area (Å²) in [5.41, 5.74) is 4.09. The maximum Gasteiger partial charge on any atom is 0.267 e. The lowest BCUT2D eigenvalue weighted by Crippen LogP contribution is -2.29. The molecule has 0 saturated carbocycles. The minimum Gasteiger partial charge on any atom is -0.290 e. The molecular weight excluding hydrogens is 358 g/mol. The number of nitrogens with zero attached hydrogens (tertiary/aromatic N) is 1. The Morgan fingerprint density at radius 1 is 1.09 bits per heavy atom. The molecule has 0 radical (unpaired) electrons. The third-order valence-electron chi connectivity index (χ3n) is 3.62. The number of benzene rings is 2. The van der Waals surface area contributed by atoms with Crippen LogP contribution in [-0.2, 0) is 6.42 Å². The molecule has 0 atom stereocenters. The van der Waals surface area contributed by atoms with Gasteiger partial charge in [0.25, 0.3) is 5.91 Å². The first kappa shape index (κ1) is 15.5. The van der Waals surface area contributed by atoms with E-state index in [1.165, 1.54) is 10.8 Å². The smallest absolute Gasteiger partial charge is 0.267 e. The largest absolute Gasteiger partial charge is 0.290 e. The number of aromatic nitrogens is 1. The molecule has 0 fully saturated rings. The molecule has 6 heteroatoms. The van der Waals surface area contributed by atoms with Crippen molar-refractivity contribution >= 4 is 38.6 Å². The molecule has 3 aromatic rings. The Balaban J connectivity index is 2.00. The standard InChI is InChI=1S/C17H14BrN3O2/c18-12-7-5-11(6-8-12)9-16(22)21-10-14(17(23)20-19)13-3-1-2-4-15(13)21/h1-8,10H,9,19H2,(H,20,23). The first-order valence-corrected chi connectivity index (χ1v) is 7.78. The summed E-state index contributed by atoms with van der Waals surface area (Å²) >= 11 is 3.37. The van der Waals surface area contributed by atoms with E-state index < -0.39 is 5.91 Å². The van der Waals surface area contributed by atoms with Gasteiger partial charge in [-0.1, -0.05) is 46.3 Å². The quantitative estimate of drug-likeness (QED) is 0.422. The van der Waals surface area contributed by atoms with Crippen molar-refractivity contribution in [3.8, 4) is 0 Å². The molecule has 0 saturated heterocycles. The number of para-hydroxylation sites is 1. The highest BCUT2D eigenvalue weighted by Gasteiger charge is 2.17. The first-order valence-electron chi connectivity index (χ1n) is 6.99. The molecule has 23 heavy (non-hydrogen) atoms. The summed E-state index contributed by atoms with van der Waals surface area (Å²) in [4.78, 5) is 24.5. The van der Waals surface area contributed by atoms with E-state index in [0.717, 1.165) is 10.0 Å². The molecule has 116 valence electrons. The van der Waals surface area contributed by atoms with Crippen molar-refractivity contribution in [1.82, 2.24) is 9.99 Å². The van der Waals surface area contributed by atoms with Crippen molar-refractivity contribution in [2.45, 2.75) is 6.42 Å². The second kappa shape index (κ2) is 6.36. The normalized spacial score (nSPS) is 10.7. The number of hydrogen-bond donors (Lipinski definition) is 2. The molecule has 0 spiro atoms. The van der Waals surface area contributed by atoms with E-state index in [1.54, 1.807) is 6.07 Å². The summed E-state index contributed by atoms with van der Waals surface area (Å²) in [6.07, 6.45) is 1.78. The highest BCUT2D eigenvalue weighted by molar-refractivity contribution is 9.10. The minimum absolute atomic E-state index is 0.111. The van der Waals surface area contributed by atoms with Crippen molar-refractivity contribution in [3.05, 3.63) is 70.3 Å². The van der Waals surface area contributed by atoms with Crippen molar-refractivity contribution in [2.24, 2.45) is 5.84 Å². The van der Waals surface area contributed by atoms with Crippen LogP contribution in [0.3, 0.4) is 0 Å². The van der Waals surface area contributed by atoms with Gasteiger partial charge in [0.1, 0.15) is 0 Å². The summed E-state index contributed by atoms with van der Waals surface area (Å²) in [6, 6.07) is 14.8. The van der Waals surface area contributed by atoms with Crippen LogP contribution < -0.4 is 11.3 Å². The molecule has 1 amide bonds. The highest BCUT2D eigenvalue weighted by Crippen LogP contribution is 2.22. The van der Waals surface area contributed by atoms with E-state index in [-0.39, 0.29) is 12.3 Å². The van der Waals surface area contributed by atoms with Crippen LogP contribution in [0.25, 0.3) is 10.9 Å². The molecule has 5 nitrogen and oxygen atoms in total. The summed E-state index contributed by atoms with van der Waals surface area (Å²) in [5.74, 6) is 4.69. The lowest BCUT2D eigenvalue weighted by molar-refractivity contribution is 0.0919. The number of nitrogens with two attached hydrogens (primary N) is 1. The highest BCUT2D eigenvalue weighted by atomic mass is 79.9. The molecule has 0 unspecified atom stereocenters. The molecule has 0 aliphatic heterocycles. The lowest BCUT2D eigenvalue weighted by Gasteiger charge is -2.04. The molecule has 1 aromatic heterocycles. The number of carbonyl (C=O) groups excluding carboxylic acids is 2. The first-order chi connectivity index (χ1) is 11.1. The number of amides is 1. The fourth-order valence-electron chi connectivity index (χ4n) is 2.51. The fraction of sp³-hybridized carbons (Fsp3) is 0.0588. The van der Waals surface area contributed by atoms with Crippen LogP contribution in [0.15, 0.2) is 59.2 Å². The van der Waals surface area contributed by atoms with Gasteiger partial charge in [-0.25, -0.2) is 5.84 Å². The minimum atomic E-state index is -0.420. The second-order valence-electron chi connectivity index (χ2n) is 5.10. The van der Waals surface area contributed by atoms with Gasteiger partial charge in [0.05, 0.1) is 17.5 Å². The number of halogens is 1. The maximum absolute atomic E-state index is 12.6. The Morgan fingerprint density at radius 3 is 2.48 bits per heavy atom. The Labute approximate surface area is 141 Å². The van der Waals surface area contributed by atoms with Crippen LogP contribution in [0.1, 0.15) is 20.7 Å². The molecular formula is C17H14BrN3O2. The number of nitrogens with one attached hydrogen (secondary N) is 1. The van der Waals surface area contributed by atoms with Crippen LogP contribution in [0, 0.1) is 0 Å². The lowest BCUT2D eigenvalue weighted by atomic mass is 10.1. The Kier molecular flexibility index (Phi) is 4.27. The summed E-state index contributed by atoms with van der Waals surface area (Å²) in [6.45, 7) is 0. The monoisotopic (exact) mass is 371 g/mol. The van der Waals surface area contributed by atoms with Gasteiger partial charge in [0, 0.05) is 16.1 Å². The van der Waals surface area contributed by atoms with Crippen LogP contribution in [0.2, 0.25) is 0 Å². The zero-order chi connectivity index (χ0) is 16.4. The van der Waals surface area contributed by atoms with Gasteiger partial charge in [0.15, 0.2) is 0 Å². The number of fused-ring (bicyclic) bond motifs is 1. The zero-order valence-corrected chi connectivity index (χ0v) is 13.7.